The van der Waals surface area contributed by atoms with Crippen molar-refractivity contribution in [3.63, 3.8) is 0 Å². The predicted octanol–water partition coefficient (Wildman–Crippen LogP) is -0.128. The molecule has 0 aromatic heterocycles. The molecule has 6 N–H and O–H groups in total. The third-order valence-corrected chi connectivity index (χ3v) is 2.13. The fourth-order valence-electron chi connectivity index (χ4n) is 1.24. The topological polar surface area (TPSA) is 110 Å². The molecule has 0 fully saturated rings. The third-order valence-electron chi connectivity index (χ3n) is 2.13. The van der Waals surface area contributed by atoms with E-state index in [-0.39, 0.29) is 11.3 Å². The summed E-state index contributed by atoms with van der Waals surface area (Å²) in [6.45, 7) is 1.64. The van der Waals surface area contributed by atoms with Gasteiger partial charge in [0.2, 0.25) is 0 Å². The molecule has 1 aromatic rings. The third kappa shape index (κ3) is 2.45. The van der Waals surface area contributed by atoms with Gasteiger partial charge >= 0.3 is 0 Å². The molecule has 0 bridgehead atoms. The lowest BCUT2D eigenvalue weighted by Crippen LogP contribution is -2.24. The molecule has 1 rings (SSSR count). The van der Waals surface area contributed by atoms with Crippen LogP contribution in [0.25, 0.3) is 0 Å². The van der Waals surface area contributed by atoms with Crippen molar-refractivity contribution in [1.82, 2.24) is 0 Å². The Hall–Kier alpha value is -1.59. The highest BCUT2D eigenvalue weighted by Crippen LogP contribution is 2.23. The molecular weight excluding hydrogens is 196 g/mol. The van der Waals surface area contributed by atoms with Crippen LogP contribution < -0.4 is 11.5 Å². The van der Waals surface area contributed by atoms with Crippen molar-refractivity contribution < 1.29 is 15.0 Å². The Morgan fingerprint density at radius 2 is 2.07 bits per heavy atom. The van der Waals surface area contributed by atoms with Gasteiger partial charge in [-0.3, -0.25) is 4.79 Å². The van der Waals surface area contributed by atoms with Crippen molar-refractivity contribution in [3.8, 4) is 5.75 Å². The summed E-state index contributed by atoms with van der Waals surface area (Å²) >= 11 is 0. The second kappa shape index (κ2) is 4.29. The summed E-state index contributed by atoms with van der Waals surface area (Å²) in [6, 6.07) is 3.68. The average molecular weight is 210 g/mol. The van der Waals surface area contributed by atoms with Crippen molar-refractivity contribution in [1.29, 1.82) is 0 Å². The summed E-state index contributed by atoms with van der Waals surface area (Å²) in [5.74, 6) is -0.950. The van der Waals surface area contributed by atoms with Gasteiger partial charge in [0.05, 0.1) is 11.7 Å². The minimum Gasteiger partial charge on any atom is -0.507 e. The van der Waals surface area contributed by atoms with Gasteiger partial charge in [0, 0.05) is 6.04 Å². The number of hydrogen-bond acceptors (Lipinski definition) is 4. The summed E-state index contributed by atoms with van der Waals surface area (Å²) < 4.78 is 0. The zero-order valence-electron chi connectivity index (χ0n) is 8.34. The van der Waals surface area contributed by atoms with Crippen LogP contribution in [0, 0.1) is 0 Å². The van der Waals surface area contributed by atoms with Crippen LogP contribution in [-0.4, -0.2) is 22.2 Å². The van der Waals surface area contributed by atoms with Crippen LogP contribution in [0.1, 0.15) is 28.9 Å². The van der Waals surface area contributed by atoms with E-state index in [1.807, 2.05) is 0 Å². The van der Waals surface area contributed by atoms with Crippen LogP contribution in [0.2, 0.25) is 0 Å². The van der Waals surface area contributed by atoms with Crippen LogP contribution in [-0.2, 0) is 0 Å². The lowest BCUT2D eigenvalue weighted by molar-refractivity contribution is 0.0997. The number of benzene rings is 1. The molecule has 82 valence electrons. The van der Waals surface area contributed by atoms with Crippen molar-refractivity contribution in [3.05, 3.63) is 29.3 Å². The van der Waals surface area contributed by atoms with Gasteiger partial charge in [-0.05, 0) is 24.6 Å². The molecule has 0 aliphatic rings. The highest BCUT2D eigenvalue weighted by molar-refractivity contribution is 5.95. The average Bonchev–Trinajstić information content (AvgIpc) is 2.16. The number of rotatable bonds is 3. The Balaban J connectivity index is 3.13. The number of carbonyl (C=O) groups excluding carboxylic acids is 1. The molecule has 0 heterocycles. The van der Waals surface area contributed by atoms with Crippen LogP contribution >= 0.6 is 0 Å². The van der Waals surface area contributed by atoms with Gasteiger partial charge in [0.25, 0.3) is 5.91 Å². The Bertz CT molecular complexity index is 377. The first kappa shape index (κ1) is 11.5. The number of phenols is 1. The van der Waals surface area contributed by atoms with E-state index in [4.69, 9.17) is 11.5 Å². The summed E-state index contributed by atoms with van der Waals surface area (Å²) in [4.78, 5) is 10.9. The van der Waals surface area contributed by atoms with Gasteiger partial charge in [-0.1, -0.05) is 6.07 Å². The zero-order chi connectivity index (χ0) is 11.6. The molecule has 1 amide bonds. The smallest absolute Gasteiger partial charge is 0.252 e. The standard InChI is InChI=1S/C10H14N2O3/c1-5(11)9(14)6-2-3-8(13)7(4-6)10(12)15/h2-5,9,13-14H,11H2,1H3,(H2,12,15). The number of hydrogen-bond donors (Lipinski definition) is 4. The number of amides is 1. The molecule has 0 aliphatic carbocycles. The fourth-order valence-corrected chi connectivity index (χ4v) is 1.24. The summed E-state index contributed by atoms with van der Waals surface area (Å²) in [5.41, 5.74) is 11.0. The minimum absolute atomic E-state index is 0.0211. The van der Waals surface area contributed by atoms with Crippen LogP contribution in [0.15, 0.2) is 18.2 Å². The molecule has 2 unspecified atom stereocenters. The van der Waals surface area contributed by atoms with E-state index >= 15 is 0 Å². The zero-order valence-corrected chi connectivity index (χ0v) is 8.34. The maximum Gasteiger partial charge on any atom is 0.252 e. The summed E-state index contributed by atoms with van der Waals surface area (Å²) in [5, 5.41) is 18.9. The maximum absolute atomic E-state index is 10.9. The van der Waals surface area contributed by atoms with Crippen molar-refractivity contribution in [2.45, 2.75) is 19.1 Å². The van der Waals surface area contributed by atoms with Crippen LogP contribution in [0.4, 0.5) is 0 Å². The molecule has 1 aromatic carbocycles. The van der Waals surface area contributed by atoms with E-state index in [1.165, 1.54) is 18.2 Å². The molecule has 0 spiro atoms. The Kier molecular flexibility index (Phi) is 3.28. The highest BCUT2D eigenvalue weighted by Gasteiger charge is 2.15. The number of aliphatic hydroxyl groups excluding tert-OH is 1. The quantitative estimate of drug-likeness (QED) is 0.557. The first-order valence-corrected chi connectivity index (χ1v) is 4.50. The molecule has 2 atom stereocenters. The maximum atomic E-state index is 10.9. The van der Waals surface area contributed by atoms with E-state index in [0.717, 1.165) is 0 Å². The van der Waals surface area contributed by atoms with Crippen molar-refractivity contribution >= 4 is 5.91 Å². The summed E-state index contributed by atoms with van der Waals surface area (Å²) in [6.07, 6.45) is -0.885. The number of aliphatic hydroxyl groups is 1. The molecule has 0 saturated heterocycles. The highest BCUT2D eigenvalue weighted by atomic mass is 16.3. The van der Waals surface area contributed by atoms with E-state index in [2.05, 4.69) is 0 Å². The molecule has 5 nitrogen and oxygen atoms in total. The number of primary amides is 1. The Morgan fingerprint density at radius 1 is 1.47 bits per heavy atom. The second-order valence-electron chi connectivity index (χ2n) is 3.44. The number of nitrogens with two attached hydrogens (primary N) is 2. The molecule has 0 aliphatic heterocycles. The normalized spacial score (nSPS) is 14.6. The molecule has 15 heavy (non-hydrogen) atoms. The Labute approximate surface area is 87.3 Å². The molecular formula is C10H14N2O3. The second-order valence-corrected chi connectivity index (χ2v) is 3.44. The van der Waals surface area contributed by atoms with Crippen molar-refractivity contribution in [2.24, 2.45) is 11.5 Å². The van der Waals surface area contributed by atoms with Gasteiger partial charge in [-0.15, -0.1) is 0 Å². The SMILES string of the molecule is CC(N)C(O)c1ccc(O)c(C(N)=O)c1. The molecule has 0 saturated carbocycles. The van der Waals surface area contributed by atoms with Crippen molar-refractivity contribution in [2.75, 3.05) is 0 Å². The largest absolute Gasteiger partial charge is 0.507 e. The van der Waals surface area contributed by atoms with Crippen LogP contribution in [0.5, 0.6) is 5.75 Å². The first-order valence-electron chi connectivity index (χ1n) is 4.50. The lowest BCUT2D eigenvalue weighted by atomic mass is 10.0. The van der Waals surface area contributed by atoms with Gasteiger partial charge in [-0.25, -0.2) is 0 Å². The number of carbonyl (C=O) groups is 1. The number of aromatic hydroxyl groups is 1. The monoisotopic (exact) mass is 210 g/mol. The van der Waals surface area contributed by atoms with Gasteiger partial charge in [0.1, 0.15) is 5.75 Å². The fraction of sp³-hybridized carbons (Fsp3) is 0.300. The van der Waals surface area contributed by atoms with E-state index < -0.39 is 18.1 Å². The van der Waals surface area contributed by atoms with E-state index in [0.29, 0.717) is 5.56 Å². The van der Waals surface area contributed by atoms with Gasteiger partial charge in [0.15, 0.2) is 0 Å². The van der Waals surface area contributed by atoms with E-state index in [1.54, 1.807) is 6.92 Å². The summed E-state index contributed by atoms with van der Waals surface area (Å²) in [7, 11) is 0. The van der Waals surface area contributed by atoms with Crippen LogP contribution in [0.3, 0.4) is 0 Å². The molecule has 0 radical (unpaired) electrons. The van der Waals surface area contributed by atoms with Gasteiger partial charge < -0.3 is 21.7 Å². The van der Waals surface area contributed by atoms with Gasteiger partial charge in [-0.2, -0.15) is 0 Å². The molecule has 5 heteroatoms. The predicted molar refractivity (Wildman–Crippen MR) is 55.2 cm³/mol. The minimum atomic E-state index is -0.885. The first-order chi connectivity index (χ1) is 6.93. The Morgan fingerprint density at radius 3 is 2.53 bits per heavy atom. The van der Waals surface area contributed by atoms with E-state index in [9.17, 15) is 15.0 Å². The lowest BCUT2D eigenvalue weighted by Gasteiger charge is -2.15.